The lowest BCUT2D eigenvalue weighted by molar-refractivity contribution is -0.143. The highest BCUT2D eigenvalue weighted by Crippen LogP contribution is 2.25. The molecular weight excluding hydrogens is 350 g/mol. The van der Waals surface area contributed by atoms with Crippen LogP contribution in [0.4, 0.5) is 0 Å². The number of amides is 1. The summed E-state index contributed by atoms with van der Waals surface area (Å²) in [7, 11) is 0. The van der Waals surface area contributed by atoms with Crippen molar-refractivity contribution in [3.05, 3.63) is 35.1 Å². The first-order valence-electron chi connectivity index (χ1n) is 8.99. The maximum absolute atomic E-state index is 12.2. The molecule has 0 radical (unpaired) electrons. The highest BCUT2D eigenvalue weighted by atomic mass is 32.1. The Kier molecular flexibility index (Phi) is 8.21. The van der Waals surface area contributed by atoms with E-state index in [1.807, 2.05) is 12.1 Å². The molecule has 2 aromatic heterocycles. The van der Waals surface area contributed by atoms with Gasteiger partial charge in [0, 0.05) is 30.4 Å². The summed E-state index contributed by atoms with van der Waals surface area (Å²) in [6.07, 6.45) is 7.17. The average molecular weight is 375 g/mol. The molecule has 2 rings (SSSR count). The summed E-state index contributed by atoms with van der Waals surface area (Å²) in [6, 6.07) is 3.91. The summed E-state index contributed by atoms with van der Waals surface area (Å²) in [6.45, 7) is 4.87. The van der Waals surface area contributed by atoms with Crippen LogP contribution in [0.25, 0.3) is 10.6 Å². The number of ether oxygens (including phenoxy) is 1. The molecule has 140 valence electrons. The molecule has 2 aromatic rings. The maximum Gasteiger partial charge on any atom is 0.305 e. The van der Waals surface area contributed by atoms with Crippen LogP contribution < -0.4 is 5.32 Å². The van der Waals surface area contributed by atoms with Crippen molar-refractivity contribution >= 4 is 23.2 Å². The molecule has 2 heterocycles. The van der Waals surface area contributed by atoms with Crippen LogP contribution in [0.15, 0.2) is 24.5 Å². The number of thiazole rings is 1. The number of nitrogens with zero attached hydrogens (tertiary/aromatic N) is 2. The van der Waals surface area contributed by atoms with Gasteiger partial charge in [-0.1, -0.05) is 13.3 Å². The van der Waals surface area contributed by atoms with Gasteiger partial charge in [0.05, 0.1) is 12.8 Å². The van der Waals surface area contributed by atoms with Crippen LogP contribution in [0.3, 0.4) is 0 Å². The lowest BCUT2D eigenvalue weighted by Gasteiger charge is -2.04. The molecule has 0 aliphatic heterocycles. The fourth-order valence-electron chi connectivity index (χ4n) is 2.41. The van der Waals surface area contributed by atoms with Gasteiger partial charge >= 0.3 is 5.97 Å². The van der Waals surface area contributed by atoms with Gasteiger partial charge in [-0.15, -0.1) is 11.3 Å². The predicted octanol–water partition coefficient (Wildman–Crippen LogP) is 3.62. The normalized spacial score (nSPS) is 10.5. The van der Waals surface area contributed by atoms with E-state index in [4.69, 9.17) is 4.74 Å². The molecule has 0 aliphatic carbocycles. The van der Waals surface area contributed by atoms with Gasteiger partial charge in [0.1, 0.15) is 9.88 Å². The summed E-state index contributed by atoms with van der Waals surface area (Å²) in [4.78, 5) is 32.7. The largest absolute Gasteiger partial charge is 0.466 e. The van der Waals surface area contributed by atoms with Crippen LogP contribution in [0.2, 0.25) is 0 Å². The van der Waals surface area contributed by atoms with Crippen molar-refractivity contribution in [2.24, 2.45) is 0 Å². The first-order valence-corrected chi connectivity index (χ1v) is 9.80. The van der Waals surface area contributed by atoms with Gasteiger partial charge in [0.2, 0.25) is 0 Å². The SMILES string of the molecule is CCOC(=O)CCCCCNC(=O)c1cnc(-c2ccnc(CC)c2)s1. The topological polar surface area (TPSA) is 81.2 Å². The molecule has 0 saturated heterocycles. The van der Waals surface area contributed by atoms with Gasteiger partial charge in [-0.3, -0.25) is 14.6 Å². The average Bonchev–Trinajstić information content (AvgIpc) is 3.15. The van der Waals surface area contributed by atoms with Crippen molar-refractivity contribution in [2.75, 3.05) is 13.2 Å². The summed E-state index contributed by atoms with van der Waals surface area (Å²) in [5.74, 6) is -0.264. The number of hydrogen-bond acceptors (Lipinski definition) is 6. The van der Waals surface area contributed by atoms with E-state index < -0.39 is 0 Å². The number of unbranched alkanes of at least 4 members (excludes halogenated alkanes) is 2. The van der Waals surface area contributed by atoms with E-state index in [-0.39, 0.29) is 11.9 Å². The summed E-state index contributed by atoms with van der Waals surface area (Å²) in [5, 5.41) is 3.72. The number of aromatic nitrogens is 2. The highest BCUT2D eigenvalue weighted by Gasteiger charge is 2.11. The van der Waals surface area contributed by atoms with Gasteiger partial charge in [-0.25, -0.2) is 4.98 Å². The summed E-state index contributed by atoms with van der Waals surface area (Å²) < 4.78 is 4.88. The second-order valence-corrected chi connectivity index (χ2v) is 6.82. The highest BCUT2D eigenvalue weighted by molar-refractivity contribution is 7.16. The van der Waals surface area contributed by atoms with Crippen LogP contribution in [-0.2, 0) is 16.0 Å². The molecule has 6 nitrogen and oxygen atoms in total. The van der Waals surface area contributed by atoms with Gasteiger partial charge < -0.3 is 10.1 Å². The third kappa shape index (κ3) is 6.22. The summed E-state index contributed by atoms with van der Waals surface area (Å²) >= 11 is 1.38. The van der Waals surface area contributed by atoms with Gasteiger partial charge in [-0.05, 0) is 38.3 Å². The lowest BCUT2D eigenvalue weighted by Crippen LogP contribution is -2.23. The number of pyridine rings is 1. The molecule has 0 aliphatic rings. The Hall–Kier alpha value is -2.28. The van der Waals surface area contributed by atoms with Gasteiger partial charge in [0.25, 0.3) is 5.91 Å². The Morgan fingerprint density at radius 2 is 2.04 bits per heavy atom. The van der Waals surface area contributed by atoms with Crippen molar-refractivity contribution in [3.63, 3.8) is 0 Å². The molecule has 0 spiro atoms. The van der Waals surface area contributed by atoms with E-state index in [1.54, 1.807) is 19.3 Å². The Bertz CT molecular complexity index is 730. The van der Waals surface area contributed by atoms with Crippen molar-refractivity contribution < 1.29 is 14.3 Å². The molecule has 1 N–H and O–H groups in total. The third-order valence-corrected chi connectivity index (χ3v) is 4.85. The van der Waals surface area contributed by atoms with E-state index in [1.165, 1.54) is 11.3 Å². The molecule has 0 unspecified atom stereocenters. The quantitative estimate of drug-likeness (QED) is 0.507. The van der Waals surface area contributed by atoms with E-state index in [0.29, 0.717) is 24.4 Å². The molecule has 0 aromatic carbocycles. The van der Waals surface area contributed by atoms with E-state index in [9.17, 15) is 9.59 Å². The lowest BCUT2D eigenvalue weighted by atomic mass is 10.2. The number of rotatable bonds is 10. The van der Waals surface area contributed by atoms with E-state index >= 15 is 0 Å². The number of aryl methyl sites for hydroxylation is 1. The fraction of sp³-hybridized carbons (Fsp3) is 0.474. The fourth-order valence-corrected chi connectivity index (χ4v) is 3.24. The molecule has 0 atom stereocenters. The number of carbonyl (C=O) groups is 2. The Balaban J connectivity index is 1.75. The Morgan fingerprint density at radius 1 is 1.19 bits per heavy atom. The minimum atomic E-state index is -0.156. The number of carbonyl (C=O) groups excluding carboxylic acids is 2. The zero-order chi connectivity index (χ0) is 18.8. The van der Waals surface area contributed by atoms with Crippen LogP contribution in [0.1, 0.15) is 54.9 Å². The zero-order valence-electron chi connectivity index (χ0n) is 15.3. The van der Waals surface area contributed by atoms with Gasteiger partial charge in [0.15, 0.2) is 0 Å². The second kappa shape index (κ2) is 10.7. The van der Waals surface area contributed by atoms with Crippen molar-refractivity contribution in [3.8, 4) is 10.6 Å². The summed E-state index contributed by atoms with van der Waals surface area (Å²) in [5.41, 5.74) is 1.99. The minimum absolute atomic E-state index is 0.107. The molecule has 26 heavy (non-hydrogen) atoms. The number of nitrogens with one attached hydrogen (secondary N) is 1. The number of hydrogen-bond donors (Lipinski definition) is 1. The molecule has 0 saturated carbocycles. The molecule has 7 heteroatoms. The minimum Gasteiger partial charge on any atom is -0.466 e. The Morgan fingerprint density at radius 3 is 2.81 bits per heavy atom. The van der Waals surface area contributed by atoms with Crippen molar-refractivity contribution in [2.45, 2.75) is 46.0 Å². The third-order valence-electron chi connectivity index (χ3n) is 3.80. The Labute approximate surface area is 158 Å². The number of esters is 1. The molecular formula is C19H25N3O3S. The second-order valence-electron chi connectivity index (χ2n) is 5.79. The van der Waals surface area contributed by atoms with Crippen LogP contribution in [0.5, 0.6) is 0 Å². The molecule has 1 amide bonds. The van der Waals surface area contributed by atoms with Crippen LogP contribution in [-0.4, -0.2) is 35.0 Å². The molecule has 0 bridgehead atoms. The van der Waals surface area contributed by atoms with Crippen LogP contribution >= 0.6 is 11.3 Å². The smallest absolute Gasteiger partial charge is 0.305 e. The van der Waals surface area contributed by atoms with E-state index in [2.05, 4.69) is 22.2 Å². The monoisotopic (exact) mass is 375 g/mol. The standard InChI is InChI=1S/C19H25N3O3S/c1-3-15-12-14(9-11-20-15)19-22-13-16(26-19)18(24)21-10-7-5-6-8-17(23)25-4-2/h9,11-13H,3-8,10H2,1-2H3,(H,21,24). The zero-order valence-corrected chi connectivity index (χ0v) is 16.1. The first kappa shape index (κ1) is 20.0. The van der Waals surface area contributed by atoms with Crippen LogP contribution in [0, 0.1) is 0 Å². The van der Waals surface area contributed by atoms with E-state index in [0.717, 1.165) is 41.9 Å². The predicted molar refractivity (Wildman–Crippen MR) is 102 cm³/mol. The maximum atomic E-state index is 12.2. The first-order chi connectivity index (χ1) is 12.6. The van der Waals surface area contributed by atoms with Crippen molar-refractivity contribution in [1.82, 2.24) is 15.3 Å². The van der Waals surface area contributed by atoms with Gasteiger partial charge in [-0.2, -0.15) is 0 Å². The van der Waals surface area contributed by atoms with Crippen molar-refractivity contribution in [1.29, 1.82) is 0 Å². The molecule has 0 fully saturated rings.